The first-order chi connectivity index (χ1) is 11.6. The Morgan fingerprint density at radius 3 is 2.79 bits per heavy atom. The zero-order valence-corrected chi connectivity index (χ0v) is 14.5. The Balaban J connectivity index is 1.71. The third-order valence-electron chi connectivity index (χ3n) is 4.77. The number of hydrogen-bond donors (Lipinski definition) is 0. The van der Waals surface area contributed by atoms with Crippen LogP contribution < -0.4 is 4.90 Å². The predicted octanol–water partition coefficient (Wildman–Crippen LogP) is 2.31. The predicted molar refractivity (Wildman–Crippen MR) is 92.2 cm³/mol. The highest BCUT2D eigenvalue weighted by Gasteiger charge is 2.26. The third kappa shape index (κ3) is 2.64. The molecule has 0 unspecified atom stereocenters. The Labute approximate surface area is 141 Å². The van der Waals surface area contributed by atoms with Gasteiger partial charge in [0.1, 0.15) is 12.1 Å². The van der Waals surface area contributed by atoms with Crippen LogP contribution in [0.4, 0.5) is 5.82 Å². The van der Waals surface area contributed by atoms with Crippen molar-refractivity contribution in [2.24, 2.45) is 0 Å². The molecule has 4 rings (SSSR count). The van der Waals surface area contributed by atoms with Crippen molar-refractivity contribution < 1.29 is 0 Å². The van der Waals surface area contributed by atoms with E-state index in [9.17, 15) is 0 Å². The van der Waals surface area contributed by atoms with Crippen LogP contribution in [0.15, 0.2) is 18.5 Å². The molecule has 3 aromatic rings. The normalized spacial score (nSPS) is 18.5. The number of hydrogen-bond acceptors (Lipinski definition) is 5. The first kappa shape index (κ1) is 15.1. The quantitative estimate of drug-likeness (QED) is 0.739. The van der Waals surface area contributed by atoms with Crippen LogP contribution in [0.2, 0.25) is 0 Å². The molecule has 7 heteroatoms. The maximum absolute atomic E-state index is 4.65. The van der Waals surface area contributed by atoms with Crippen molar-refractivity contribution >= 4 is 11.6 Å². The molecule has 0 bridgehead atoms. The highest BCUT2D eigenvalue weighted by Crippen LogP contribution is 2.26. The monoisotopic (exact) mass is 325 g/mol. The van der Waals surface area contributed by atoms with Gasteiger partial charge in [-0.2, -0.15) is 19.7 Å². The number of rotatable bonds is 3. The highest BCUT2D eigenvalue weighted by atomic mass is 15.4. The van der Waals surface area contributed by atoms with Gasteiger partial charge in [0, 0.05) is 24.0 Å². The summed E-state index contributed by atoms with van der Waals surface area (Å²) in [6.07, 6.45) is 5.19. The minimum absolute atomic E-state index is 0.408. The Morgan fingerprint density at radius 2 is 2.00 bits per heavy atom. The van der Waals surface area contributed by atoms with Crippen molar-refractivity contribution in [2.45, 2.75) is 52.6 Å². The maximum Gasteiger partial charge on any atom is 0.254 e. The molecule has 1 fully saturated rings. The SMILES string of the molecule is Cc1cc(N2CCCC[C@@H]2Cn2nc(C)cc2C)n2ncnc2n1. The molecular formula is C17H23N7. The first-order valence-electron chi connectivity index (χ1n) is 8.57. The Bertz CT molecular complexity index is 863. The fourth-order valence-electron chi connectivity index (χ4n) is 3.67. The molecule has 1 atom stereocenters. The van der Waals surface area contributed by atoms with Crippen LogP contribution >= 0.6 is 0 Å². The van der Waals surface area contributed by atoms with Gasteiger partial charge in [-0.05, 0) is 46.1 Å². The van der Waals surface area contributed by atoms with Crippen LogP contribution in [0.1, 0.15) is 36.3 Å². The highest BCUT2D eigenvalue weighted by molar-refractivity contribution is 5.48. The largest absolute Gasteiger partial charge is 0.352 e. The van der Waals surface area contributed by atoms with Crippen molar-refractivity contribution in [2.75, 3.05) is 11.4 Å². The van der Waals surface area contributed by atoms with Crippen molar-refractivity contribution in [1.82, 2.24) is 29.4 Å². The molecule has 3 aromatic heterocycles. The number of aromatic nitrogens is 6. The summed E-state index contributed by atoms with van der Waals surface area (Å²) in [6, 6.07) is 4.66. The van der Waals surface area contributed by atoms with Crippen LogP contribution in [0, 0.1) is 20.8 Å². The molecule has 1 aliphatic heterocycles. The average Bonchev–Trinajstić information content (AvgIpc) is 3.13. The van der Waals surface area contributed by atoms with Crippen LogP contribution in [0.3, 0.4) is 0 Å². The molecule has 0 saturated carbocycles. The van der Waals surface area contributed by atoms with E-state index < -0.39 is 0 Å². The molecule has 0 radical (unpaired) electrons. The fourth-order valence-corrected chi connectivity index (χ4v) is 3.67. The molecule has 0 aliphatic carbocycles. The lowest BCUT2D eigenvalue weighted by molar-refractivity contribution is 0.390. The second-order valence-electron chi connectivity index (χ2n) is 6.68. The zero-order valence-electron chi connectivity index (χ0n) is 14.5. The van der Waals surface area contributed by atoms with Gasteiger partial charge in [-0.1, -0.05) is 0 Å². The number of piperidine rings is 1. The molecular weight excluding hydrogens is 302 g/mol. The number of anilines is 1. The third-order valence-corrected chi connectivity index (χ3v) is 4.77. The minimum Gasteiger partial charge on any atom is -0.352 e. The maximum atomic E-state index is 4.65. The van der Waals surface area contributed by atoms with Crippen LogP contribution in [0.25, 0.3) is 5.78 Å². The van der Waals surface area contributed by atoms with Crippen molar-refractivity contribution in [3.05, 3.63) is 35.5 Å². The lowest BCUT2D eigenvalue weighted by Crippen LogP contribution is -2.43. The van der Waals surface area contributed by atoms with Gasteiger partial charge >= 0.3 is 0 Å². The summed E-state index contributed by atoms with van der Waals surface area (Å²) in [5.41, 5.74) is 3.27. The van der Waals surface area contributed by atoms with Gasteiger partial charge in [-0.15, -0.1) is 0 Å². The van der Waals surface area contributed by atoms with E-state index in [2.05, 4.69) is 48.8 Å². The van der Waals surface area contributed by atoms with Crippen molar-refractivity contribution in [3.8, 4) is 0 Å². The number of fused-ring (bicyclic) bond motifs is 1. The Hall–Kier alpha value is -2.44. The van der Waals surface area contributed by atoms with Gasteiger partial charge in [0.05, 0.1) is 18.3 Å². The molecule has 0 N–H and O–H groups in total. The standard InChI is InChI=1S/C17H23N7/c1-12-9-16(24-17(20-12)18-11-19-24)22-7-5-4-6-15(22)10-23-14(3)8-13(2)21-23/h8-9,11,15H,4-7,10H2,1-3H3/t15-/m1/s1. The van der Waals surface area contributed by atoms with Crippen LogP contribution in [-0.2, 0) is 6.54 Å². The first-order valence-corrected chi connectivity index (χ1v) is 8.57. The topological polar surface area (TPSA) is 64.1 Å². The lowest BCUT2D eigenvalue weighted by atomic mass is 10.0. The Kier molecular flexibility index (Phi) is 3.70. The number of nitrogens with zero attached hydrogens (tertiary/aromatic N) is 7. The van der Waals surface area contributed by atoms with E-state index >= 15 is 0 Å². The molecule has 1 saturated heterocycles. The van der Waals surface area contributed by atoms with Gasteiger partial charge in [-0.25, -0.2) is 4.98 Å². The van der Waals surface area contributed by atoms with Gasteiger partial charge < -0.3 is 4.90 Å². The second-order valence-corrected chi connectivity index (χ2v) is 6.68. The van der Waals surface area contributed by atoms with Gasteiger partial charge in [-0.3, -0.25) is 4.68 Å². The lowest BCUT2D eigenvalue weighted by Gasteiger charge is -2.37. The molecule has 24 heavy (non-hydrogen) atoms. The van der Waals surface area contributed by atoms with Crippen LogP contribution in [-0.4, -0.2) is 41.9 Å². The molecule has 1 aliphatic rings. The minimum atomic E-state index is 0.408. The summed E-state index contributed by atoms with van der Waals surface area (Å²) in [4.78, 5) is 11.2. The smallest absolute Gasteiger partial charge is 0.254 e. The summed E-state index contributed by atoms with van der Waals surface area (Å²) < 4.78 is 3.98. The summed E-state index contributed by atoms with van der Waals surface area (Å²) >= 11 is 0. The van der Waals surface area contributed by atoms with E-state index in [4.69, 9.17) is 0 Å². The fraction of sp³-hybridized carbons (Fsp3) is 0.529. The number of aryl methyl sites for hydroxylation is 3. The van der Waals surface area contributed by atoms with E-state index in [0.717, 1.165) is 36.7 Å². The van der Waals surface area contributed by atoms with Gasteiger partial charge in [0.2, 0.25) is 0 Å². The van der Waals surface area contributed by atoms with E-state index in [0.29, 0.717) is 11.8 Å². The van der Waals surface area contributed by atoms with Gasteiger partial charge in [0.15, 0.2) is 0 Å². The van der Waals surface area contributed by atoms with E-state index in [1.807, 2.05) is 18.4 Å². The average molecular weight is 325 g/mol. The molecule has 4 heterocycles. The Morgan fingerprint density at radius 1 is 1.12 bits per heavy atom. The van der Waals surface area contributed by atoms with Crippen molar-refractivity contribution in [3.63, 3.8) is 0 Å². The zero-order chi connectivity index (χ0) is 16.7. The summed E-state index contributed by atoms with van der Waals surface area (Å²) in [5, 5.41) is 9.02. The van der Waals surface area contributed by atoms with Gasteiger partial charge in [0.25, 0.3) is 5.78 Å². The summed E-state index contributed by atoms with van der Waals surface area (Å²) in [7, 11) is 0. The summed E-state index contributed by atoms with van der Waals surface area (Å²) in [5.74, 6) is 1.75. The van der Waals surface area contributed by atoms with Crippen LogP contribution in [0.5, 0.6) is 0 Å². The molecule has 7 nitrogen and oxygen atoms in total. The van der Waals surface area contributed by atoms with E-state index in [-0.39, 0.29) is 0 Å². The molecule has 126 valence electrons. The molecule has 0 spiro atoms. The van der Waals surface area contributed by atoms with E-state index in [1.165, 1.54) is 18.5 Å². The summed E-state index contributed by atoms with van der Waals surface area (Å²) in [6.45, 7) is 8.12. The second kappa shape index (κ2) is 5.89. The molecule has 0 aromatic carbocycles. The van der Waals surface area contributed by atoms with E-state index in [1.54, 1.807) is 6.33 Å². The van der Waals surface area contributed by atoms with Crippen molar-refractivity contribution in [1.29, 1.82) is 0 Å². The molecule has 0 amide bonds.